The van der Waals surface area contributed by atoms with E-state index in [2.05, 4.69) is 4.98 Å². The van der Waals surface area contributed by atoms with Crippen LogP contribution in [0.15, 0.2) is 86.2 Å². The molecule has 2 N–H and O–H groups in total. The summed E-state index contributed by atoms with van der Waals surface area (Å²) in [5.74, 6) is 0.853. The van der Waals surface area contributed by atoms with Crippen LogP contribution in [0.5, 0.6) is 17.4 Å². The molecule has 0 bridgehead atoms. The van der Waals surface area contributed by atoms with E-state index in [0.717, 1.165) is 20.6 Å². The van der Waals surface area contributed by atoms with Crippen molar-refractivity contribution in [2.24, 2.45) is 4.99 Å². The Labute approximate surface area is 209 Å². The fourth-order valence-electron chi connectivity index (χ4n) is 4.49. The van der Waals surface area contributed by atoms with Gasteiger partial charge in [-0.15, -0.1) is 11.8 Å². The van der Waals surface area contributed by atoms with Crippen LogP contribution in [-0.4, -0.2) is 27.2 Å². The van der Waals surface area contributed by atoms with Crippen molar-refractivity contribution in [3.8, 4) is 23.1 Å². The summed E-state index contributed by atoms with van der Waals surface area (Å²) in [6.45, 7) is 2.00. The highest BCUT2D eigenvalue weighted by molar-refractivity contribution is 7.99. The van der Waals surface area contributed by atoms with Gasteiger partial charge in [-0.25, -0.2) is 9.36 Å². The van der Waals surface area contributed by atoms with Gasteiger partial charge in [0.05, 0.1) is 17.1 Å². The molecule has 1 aromatic heterocycles. The summed E-state index contributed by atoms with van der Waals surface area (Å²) in [5.41, 5.74) is 1.87. The molecule has 2 aliphatic rings. The van der Waals surface area contributed by atoms with Gasteiger partial charge in [-0.3, -0.25) is 14.8 Å². The van der Waals surface area contributed by atoms with E-state index in [0.29, 0.717) is 35.0 Å². The topological polar surface area (TPSA) is 106 Å². The number of para-hydroxylation sites is 2. The Kier molecular flexibility index (Phi) is 5.41. The molecule has 1 unspecified atom stereocenters. The third kappa shape index (κ3) is 3.77. The number of nitrogens with one attached hydrogen (secondary N) is 1. The summed E-state index contributed by atoms with van der Waals surface area (Å²) in [4.78, 5) is 34.7. The van der Waals surface area contributed by atoms with Crippen LogP contribution in [0.4, 0.5) is 5.69 Å². The molecule has 3 aromatic carbocycles. The monoisotopic (exact) mass is 499 g/mol. The number of rotatable bonds is 3. The fraction of sp³-hybridized carbons (Fsp3) is 0.148. The van der Waals surface area contributed by atoms with E-state index in [1.807, 2.05) is 61.5 Å². The first kappa shape index (κ1) is 22.2. The van der Waals surface area contributed by atoms with Gasteiger partial charge < -0.3 is 14.6 Å². The van der Waals surface area contributed by atoms with E-state index in [1.165, 1.54) is 0 Å². The number of thioether (sulfide) groups is 1. The Bertz CT molecular complexity index is 1660. The van der Waals surface area contributed by atoms with E-state index in [-0.39, 0.29) is 17.6 Å². The van der Waals surface area contributed by atoms with Gasteiger partial charge in [-0.1, -0.05) is 36.4 Å². The number of hydrogen-bond donors (Lipinski definition) is 2. The van der Waals surface area contributed by atoms with Crippen molar-refractivity contribution in [3.63, 3.8) is 0 Å². The molecular formula is C27H21N3O5S. The van der Waals surface area contributed by atoms with Crippen LogP contribution >= 0.6 is 11.8 Å². The minimum atomic E-state index is -0.716. The number of ether oxygens (including phenoxy) is 2. The summed E-state index contributed by atoms with van der Waals surface area (Å²) < 4.78 is 12.1. The van der Waals surface area contributed by atoms with Crippen molar-refractivity contribution in [1.82, 2.24) is 9.55 Å². The molecular weight excluding hydrogens is 478 g/mol. The van der Waals surface area contributed by atoms with Crippen molar-refractivity contribution in [3.05, 3.63) is 104 Å². The first-order chi connectivity index (χ1) is 17.5. The molecule has 0 saturated heterocycles. The van der Waals surface area contributed by atoms with E-state index < -0.39 is 17.1 Å². The largest absolute Gasteiger partial charge is 0.494 e. The number of aryl methyl sites for hydroxylation is 1. The summed E-state index contributed by atoms with van der Waals surface area (Å²) in [5, 5.41) is 10.7. The minimum Gasteiger partial charge on any atom is -0.494 e. The van der Waals surface area contributed by atoms with Crippen LogP contribution in [0.25, 0.3) is 5.69 Å². The van der Waals surface area contributed by atoms with Crippen LogP contribution in [0.1, 0.15) is 28.4 Å². The summed E-state index contributed by atoms with van der Waals surface area (Å²) in [6, 6.07) is 20.5. The molecule has 1 atom stereocenters. The second kappa shape index (κ2) is 8.76. The van der Waals surface area contributed by atoms with Crippen molar-refractivity contribution < 1.29 is 14.6 Å². The van der Waals surface area contributed by atoms with Crippen molar-refractivity contribution >= 4 is 23.2 Å². The third-order valence-corrected chi connectivity index (χ3v) is 7.59. The Morgan fingerprint density at radius 3 is 2.67 bits per heavy atom. The molecule has 0 amide bonds. The van der Waals surface area contributed by atoms with Crippen LogP contribution < -0.4 is 20.7 Å². The number of fused-ring (bicyclic) bond motifs is 2. The number of aromatic nitrogens is 2. The molecule has 6 rings (SSSR count). The molecule has 4 aromatic rings. The maximum absolute atomic E-state index is 13.7. The lowest BCUT2D eigenvalue weighted by atomic mass is 10.0. The number of aromatic amines is 1. The lowest BCUT2D eigenvalue weighted by Gasteiger charge is -2.17. The highest BCUT2D eigenvalue weighted by Crippen LogP contribution is 2.47. The predicted octanol–water partition coefficient (Wildman–Crippen LogP) is 4.63. The van der Waals surface area contributed by atoms with Gasteiger partial charge in [0.25, 0.3) is 5.56 Å². The second-order valence-corrected chi connectivity index (χ2v) is 9.77. The van der Waals surface area contributed by atoms with Crippen LogP contribution in [0.3, 0.4) is 0 Å². The third-order valence-electron chi connectivity index (χ3n) is 6.26. The Hall–Kier alpha value is -4.24. The molecule has 0 radical (unpaired) electrons. The zero-order valence-corrected chi connectivity index (χ0v) is 20.0. The molecule has 9 heteroatoms. The van der Waals surface area contributed by atoms with E-state index >= 15 is 0 Å². The Morgan fingerprint density at radius 2 is 1.81 bits per heavy atom. The van der Waals surface area contributed by atoms with Crippen LogP contribution in [0, 0.1) is 6.92 Å². The minimum absolute atomic E-state index is 0.0269. The fourth-order valence-corrected chi connectivity index (χ4v) is 5.71. The average Bonchev–Trinajstić information content (AvgIpc) is 3.25. The molecule has 0 aliphatic carbocycles. The van der Waals surface area contributed by atoms with Crippen molar-refractivity contribution in [2.75, 3.05) is 6.79 Å². The van der Waals surface area contributed by atoms with Crippen molar-refractivity contribution in [1.29, 1.82) is 0 Å². The number of H-pyrrole nitrogens is 1. The van der Waals surface area contributed by atoms with Gasteiger partial charge in [0.1, 0.15) is 5.56 Å². The lowest BCUT2D eigenvalue weighted by molar-refractivity contribution is 0.174. The summed E-state index contributed by atoms with van der Waals surface area (Å²) in [6.07, 6.45) is 0.335. The molecule has 3 heterocycles. The number of benzene rings is 3. The van der Waals surface area contributed by atoms with Gasteiger partial charge in [-0.05, 0) is 48.4 Å². The van der Waals surface area contributed by atoms with Gasteiger partial charge >= 0.3 is 5.69 Å². The number of aromatic hydroxyl groups is 1. The van der Waals surface area contributed by atoms with E-state index in [1.54, 1.807) is 23.9 Å². The maximum atomic E-state index is 13.7. The van der Waals surface area contributed by atoms with Gasteiger partial charge in [0.15, 0.2) is 11.5 Å². The Balaban J connectivity index is 1.53. The molecule has 180 valence electrons. The second-order valence-electron chi connectivity index (χ2n) is 8.53. The number of aliphatic imine (C=N–C) groups is 1. The highest BCUT2D eigenvalue weighted by atomic mass is 32.2. The standard InChI is InChI=1S/C27H21N3O5S/c1-15-6-2-4-8-19(15)30-26(32)24(25(31)29-27(30)33)18-13-23(36-22-9-5-3-7-17(22)28-18)16-10-11-20-21(12-16)35-14-34-20/h2-12,23,31H,13-14H2,1H3,(H,29,33). The zero-order chi connectivity index (χ0) is 24.8. The van der Waals surface area contributed by atoms with Crippen molar-refractivity contribution in [2.45, 2.75) is 23.5 Å². The molecule has 0 saturated carbocycles. The molecule has 2 aliphatic heterocycles. The number of nitrogens with zero attached hydrogens (tertiary/aromatic N) is 2. The number of hydrogen-bond acceptors (Lipinski definition) is 7. The highest BCUT2D eigenvalue weighted by Gasteiger charge is 2.28. The smallest absolute Gasteiger partial charge is 0.335 e. The zero-order valence-electron chi connectivity index (χ0n) is 19.2. The van der Waals surface area contributed by atoms with Gasteiger partial charge in [0.2, 0.25) is 12.7 Å². The predicted molar refractivity (Wildman–Crippen MR) is 137 cm³/mol. The SMILES string of the molecule is Cc1ccccc1-n1c(=O)[nH]c(O)c(C2=Nc3ccccc3SC(c3ccc4c(c3)OCO4)C2)c1=O. The Morgan fingerprint density at radius 1 is 1.03 bits per heavy atom. The molecule has 0 fully saturated rings. The first-order valence-electron chi connectivity index (χ1n) is 11.4. The lowest BCUT2D eigenvalue weighted by Crippen LogP contribution is -2.37. The molecule has 8 nitrogen and oxygen atoms in total. The maximum Gasteiger partial charge on any atom is 0.335 e. The van der Waals surface area contributed by atoms with E-state index in [9.17, 15) is 14.7 Å². The molecule has 0 spiro atoms. The molecule has 36 heavy (non-hydrogen) atoms. The quantitative estimate of drug-likeness (QED) is 0.426. The van der Waals surface area contributed by atoms with E-state index in [4.69, 9.17) is 14.5 Å². The summed E-state index contributed by atoms with van der Waals surface area (Å²) in [7, 11) is 0. The first-order valence-corrected chi connectivity index (χ1v) is 12.2. The van der Waals surface area contributed by atoms with Crippen LogP contribution in [0.2, 0.25) is 0 Å². The van der Waals surface area contributed by atoms with Gasteiger partial charge in [0, 0.05) is 16.6 Å². The van der Waals surface area contributed by atoms with Crippen LogP contribution in [-0.2, 0) is 0 Å². The average molecular weight is 500 g/mol. The normalized spacial score (nSPS) is 16.2. The van der Waals surface area contributed by atoms with Gasteiger partial charge in [-0.2, -0.15) is 0 Å². The summed E-state index contributed by atoms with van der Waals surface area (Å²) >= 11 is 1.62.